The summed E-state index contributed by atoms with van der Waals surface area (Å²) >= 11 is 9.55. The molecule has 1 heterocycles. The van der Waals surface area contributed by atoms with Crippen molar-refractivity contribution in [2.24, 2.45) is 0 Å². The minimum atomic E-state index is 0.643. The Kier molecular flexibility index (Phi) is 6.42. The van der Waals surface area contributed by atoms with Crippen LogP contribution in [0, 0.1) is 0 Å². The van der Waals surface area contributed by atoms with Crippen LogP contribution in [0.4, 0.5) is 0 Å². The lowest BCUT2D eigenvalue weighted by Crippen LogP contribution is -2.00. The van der Waals surface area contributed by atoms with Crippen LogP contribution < -0.4 is 0 Å². The number of hydrogen-bond acceptors (Lipinski definition) is 5. The van der Waals surface area contributed by atoms with Crippen LogP contribution in [0.3, 0.4) is 0 Å². The van der Waals surface area contributed by atoms with Gasteiger partial charge in [0.05, 0.1) is 11.6 Å². The van der Waals surface area contributed by atoms with Gasteiger partial charge in [-0.2, -0.15) is 0 Å². The predicted molar refractivity (Wildman–Crippen MR) is 85.5 cm³/mol. The van der Waals surface area contributed by atoms with Gasteiger partial charge in [-0.1, -0.05) is 41.6 Å². The fourth-order valence-electron chi connectivity index (χ4n) is 1.50. The molecule has 0 amide bonds. The molecule has 0 unspecified atom stereocenters. The maximum absolute atomic E-state index is 6.11. The second-order valence-corrected chi connectivity index (χ2v) is 6.52. The van der Waals surface area contributed by atoms with E-state index in [0.717, 1.165) is 33.0 Å². The summed E-state index contributed by atoms with van der Waals surface area (Å²) in [5.74, 6) is 2.01. The quantitative estimate of drug-likeness (QED) is 0.419. The van der Waals surface area contributed by atoms with E-state index >= 15 is 0 Å². The fraction of sp³-hybridized carbons (Fsp3) is 0.308. The molecule has 0 bridgehead atoms. The zero-order valence-corrected chi connectivity index (χ0v) is 13.3. The number of rotatable bonds is 8. The minimum absolute atomic E-state index is 0.643. The number of benzene rings is 1. The van der Waals surface area contributed by atoms with E-state index in [1.165, 1.54) is 0 Å². The summed E-state index contributed by atoms with van der Waals surface area (Å²) in [4.78, 5) is 1.13. The van der Waals surface area contributed by atoms with Crippen molar-refractivity contribution < 1.29 is 0 Å². The van der Waals surface area contributed by atoms with Gasteiger partial charge in [-0.3, -0.25) is 0 Å². The van der Waals surface area contributed by atoms with E-state index in [-0.39, 0.29) is 0 Å². The van der Waals surface area contributed by atoms with Crippen molar-refractivity contribution in [3.05, 3.63) is 41.9 Å². The average Bonchev–Trinajstić information content (AvgIpc) is 2.88. The van der Waals surface area contributed by atoms with Gasteiger partial charge in [-0.05, 0) is 34.7 Å². The third-order valence-corrected chi connectivity index (χ3v) is 5.06. The molecule has 0 atom stereocenters. The van der Waals surface area contributed by atoms with Crippen molar-refractivity contribution in [2.75, 3.05) is 11.5 Å². The number of hydrogen-bond donors (Lipinski definition) is 0. The number of thioether (sulfide) groups is 2. The third kappa shape index (κ3) is 4.54. The van der Waals surface area contributed by atoms with E-state index in [0.29, 0.717) is 6.54 Å². The lowest BCUT2D eigenvalue weighted by Gasteiger charge is -2.04. The summed E-state index contributed by atoms with van der Waals surface area (Å²) in [5, 5.41) is 13.2. The molecule has 7 heteroatoms. The lowest BCUT2D eigenvalue weighted by atomic mass is 10.4. The van der Waals surface area contributed by atoms with Crippen LogP contribution >= 0.6 is 35.1 Å². The molecular formula is C13H15ClN4S2. The smallest absolute Gasteiger partial charge is 0.209 e. The molecule has 0 aliphatic rings. The van der Waals surface area contributed by atoms with E-state index in [1.807, 2.05) is 24.3 Å². The molecule has 0 spiro atoms. The van der Waals surface area contributed by atoms with Crippen LogP contribution in [0.5, 0.6) is 0 Å². The Labute approximate surface area is 132 Å². The van der Waals surface area contributed by atoms with Crippen molar-refractivity contribution in [3.63, 3.8) is 0 Å². The summed E-state index contributed by atoms with van der Waals surface area (Å²) in [5.41, 5.74) is 0. The highest BCUT2D eigenvalue weighted by molar-refractivity contribution is 8.00. The van der Waals surface area contributed by atoms with Crippen LogP contribution in [-0.4, -0.2) is 31.7 Å². The van der Waals surface area contributed by atoms with Gasteiger partial charge < -0.3 is 0 Å². The topological polar surface area (TPSA) is 43.6 Å². The summed E-state index contributed by atoms with van der Waals surface area (Å²) in [7, 11) is 0. The maximum Gasteiger partial charge on any atom is 0.209 e. The first-order valence-corrected chi connectivity index (χ1v) is 8.53. The summed E-state index contributed by atoms with van der Waals surface area (Å²) in [6.07, 6.45) is 2.86. The van der Waals surface area contributed by atoms with Crippen LogP contribution in [0.25, 0.3) is 0 Å². The zero-order chi connectivity index (χ0) is 14.2. The standard InChI is InChI=1S/C13H15ClN4S2/c1-2-8-18-13(15-16-17-18)20-10-5-9-19-12-7-4-3-6-11(12)14/h2-4,6-7H,1,5,8-10H2. The molecule has 4 nitrogen and oxygen atoms in total. The van der Waals surface area contributed by atoms with Gasteiger partial charge in [0.15, 0.2) is 0 Å². The molecule has 1 aromatic carbocycles. The van der Waals surface area contributed by atoms with Gasteiger partial charge in [0.25, 0.3) is 0 Å². The highest BCUT2D eigenvalue weighted by Crippen LogP contribution is 2.27. The monoisotopic (exact) mass is 326 g/mol. The van der Waals surface area contributed by atoms with Crippen molar-refractivity contribution >= 4 is 35.1 Å². The van der Waals surface area contributed by atoms with Crippen LogP contribution in [0.2, 0.25) is 5.02 Å². The Morgan fingerprint density at radius 3 is 2.85 bits per heavy atom. The van der Waals surface area contributed by atoms with Crippen molar-refractivity contribution in [2.45, 2.75) is 23.0 Å². The van der Waals surface area contributed by atoms with E-state index in [9.17, 15) is 0 Å². The largest absolute Gasteiger partial charge is 0.217 e. The first-order valence-electron chi connectivity index (χ1n) is 6.18. The SMILES string of the molecule is C=CCn1nnnc1SCCCSc1ccccc1Cl. The van der Waals surface area contributed by atoms with Crippen LogP contribution in [0.1, 0.15) is 6.42 Å². The van der Waals surface area contributed by atoms with E-state index < -0.39 is 0 Å². The number of allylic oxidation sites excluding steroid dienone is 1. The second kappa shape index (κ2) is 8.34. The Morgan fingerprint density at radius 1 is 1.25 bits per heavy atom. The Morgan fingerprint density at radius 2 is 2.05 bits per heavy atom. The maximum atomic E-state index is 6.11. The van der Waals surface area contributed by atoms with E-state index in [2.05, 4.69) is 22.1 Å². The molecule has 0 saturated heterocycles. The molecule has 0 aliphatic carbocycles. The molecule has 106 valence electrons. The highest BCUT2D eigenvalue weighted by atomic mass is 35.5. The Bertz CT molecular complexity index is 559. The third-order valence-electron chi connectivity index (χ3n) is 2.42. The van der Waals surface area contributed by atoms with Crippen LogP contribution in [0.15, 0.2) is 47.0 Å². The van der Waals surface area contributed by atoms with E-state index in [1.54, 1.807) is 34.3 Å². The molecular weight excluding hydrogens is 312 g/mol. The summed E-state index contributed by atoms with van der Waals surface area (Å²) in [6, 6.07) is 7.92. The van der Waals surface area contributed by atoms with Gasteiger partial charge in [0, 0.05) is 10.6 Å². The molecule has 20 heavy (non-hydrogen) atoms. The zero-order valence-electron chi connectivity index (χ0n) is 10.9. The molecule has 0 radical (unpaired) electrons. The first-order chi connectivity index (χ1) is 9.81. The molecule has 2 aromatic rings. The highest BCUT2D eigenvalue weighted by Gasteiger charge is 2.05. The minimum Gasteiger partial charge on any atom is -0.217 e. The van der Waals surface area contributed by atoms with Crippen LogP contribution in [-0.2, 0) is 6.54 Å². The average molecular weight is 327 g/mol. The first kappa shape index (κ1) is 15.4. The molecule has 0 saturated carbocycles. The lowest BCUT2D eigenvalue weighted by molar-refractivity contribution is 0.614. The van der Waals surface area contributed by atoms with Crippen molar-refractivity contribution in [1.29, 1.82) is 0 Å². The Balaban J connectivity index is 1.70. The van der Waals surface area contributed by atoms with Gasteiger partial charge in [-0.25, -0.2) is 4.68 Å². The fourth-order valence-corrected chi connectivity index (χ4v) is 3.70. The van der Waals surface area contributed by atoms with Crippen molar-refractivity contribution in [1.82, 2.24) is 20.2 Å². The number of aromatic nitrogens is 4. The van der Waals surface area contributed by atoms with Gasteiger partial charge in [0.1, 0.15) is 0 Å². The second-order valence-electron chi connectivity index (χ2n) is 3.91. The molecule has 1 aromatic heterocycles. The Hall–Kier alpha value is -0.980. The molecule has 0 N–H and O–H groups in total. The van der Waals surface area contributed by atoms with Gasteiger partial charge in [0.2, 0.25) is 5.16 Å². The van der Waals surface area contributed by atoms with Gasteiger partial charge in [-0.15, -0.1) is 23.4 Å². The van der Waals surface area contributed by atoms with Crippen molar-refractivity contribution in [3.8, 4) is 0 Å². The molecule has 2 rings (SSSR count). The number of tetrazole rings is 1. The van der Waals surface area contributed by atoms with Gasteiger partial charge >= 0.3 is 0 Å². The number of halogens is 1. The van der Waals surface area contributed by atoms with E-state index in [4.69, 9.17) is 11.6 Å². The summed E-state index contributed by atoms with van der Waals surface area (Å²) < 4.78 is 1.75. The number of nitrogens with zero attached hydrogens (tertiary/aromatic N) is 4. The molecule has 0 aliphatic heterocycles. The normalized spacial score (nSPS) is 10.7. The predicted octanol–water partition coefficient (Wildman–Crippen LogP) is 3.79. The summed E-state index contributed by atoms with van der Waals surface area (Å²) in [6.45, 7) is 4.33. The molecule has 0 fully saturated rings.